The molecule has 0 spiro atoms. The lowest BCUT2D eigenvalue weighted by Crippen LogP contribution is -2.23. The molecule has 1 rings (SSSR count). The van der Waals surface area contributed by atoms with E-state index in [0.29, 0.717) is 11.3 Å². The van der Waals surface area contributed by atoms with Crippen molar-refractivity contribution in [2.45, 2.75) is 6.92 Å². The Labute approximate surface area is 100.0 Å². The Morgan fingerprint density at radius 3 is 2.41 bits per heavy atom. The van der Waals surface area contributed by atoms with Crippen LogP contribution in [0.1, 0.15) is 12.5 Å². The normalized spacial score (nSPS) is 10.6. The lowest BCUT2D eigenvalue weighted by atomic mass is 10.2. The summed E-state index contributed by atoms with van der Waals surface area (Å²) in [5, 5.41) is 11.0. The molecule has 0 atom stereocenters. The monoisotopic (exact) mass is 252 g/mol. The number of carbonyl (C=O) groups excluding carboxylic acids is 1. The minimum atomic E-state index is -3.32. The topological polar surface area (TPSA) is 87.0 Å². The third-order valence-corrected chi connectivity index (χ3v) is 3.67. The van der Waals surface area contributed by atoms with Gasteiger partial charge in [0.2, 0.25) is 5.91 Å². The van der Waals surface area contributed by atoms with E-state index >= 15 is 0 Å². The van der Waals surface area contributed by atoms with Crippen molar-refractivity contribution < 1.29 is 13.2 Å². The van der Waals surface area contributed by atoms with Crippen molar-refractivity contribution in [3.63, 3.8) is 0 Å². The molecule has 0 aromatic heterocycles. The van der Waals surface area contributed by atoms with E-state index < -0.39 is 21.5 Å². The molecule has 0 unspecified atom stereocenters. The van der Waals surface area contributed by atoms with Gasteiger partial charge in [0.15, 0.2) is 9.84 Å². The van der Waals surface area contributed by atoms with Gasteiger partial charge in [-0.1, -0.05) is 6.92 Å². The standard InChI is InChI=1S/C11H12N2O3S/c1-2-17(15,16)8-11(14)13-10-5-3-9(7-12)4-6-10/h3-6H,2,8H2,1H3,(H,13,14). The second kappa shape index (κ2) is 5.46. The summed E-state index contributed by atoms with van der Waals surface area (Å²) in [5.74, 6) is -1.16. The van der Waals surface area contributed by atoms with Gasteiger partial charge in [-0.05, 0) is 24.3 Å². The predicted molar refractivity (Wildman–Crippen MR) is 64.1 cm³/mol. The Morgan fingerprint density at radius 1 is 1.35 bits per heavy atom. The number of rotatable bonds is 4. The molecule has 0 bridgehead atoms. The number of sulfone groups is 1. The molecule has 0 heterocycles. The van der Waals surface area contributed by atoms with Crippen LogP contribution in [0.2, 0.25) is 0 Å². The molecule has 90 valence electrons. The van der Waals surface area contributed by atoms with Crippen molar-refractivity contribution >= 4 is 21.4 Å². The maximum atomic E-state index is 11.4. The van der Waals surface area contributed by atoms with E-state index in [1.807, 2.05) is 6.07 Å². The first-order chi connectivity index (χ1) is 7.96. The van der Waals surface area contributed by atoms with Gasteiger partial charge in [0.05, 0.1) is 11.6 Å². The number of amides is 1. The second-order valence-electron chi connectivity index (χ2n) is 3.41. The molecule has 0 saturated heterocycles. The first-order valence-electron chi connectivity index (χ1n) is 4.97. The average Bonchev–Trinajstić information content (AvgIpc) is 2.29. The van der Waals surface area contributed by atoms with E-state index in [-0.39, 0.29) is 5.75 Å². The summed E-state index contributed by atoms with van der Waals surface area (Å²) >= 11 is 0. The van der Waals surface area contributed by atoms with Crippen LogP contribution in [0.3, 0.4) is 0 Å². The SMILES string of the molecule is CCS(=O)(=O)CC(=O)Nc1ccc(C#N)cc1. The van der Waals surface area contributed by atoms with Crippen LogP contribution >= 0.6 is 0 Å². The molecule has 1 aromatic rings. The molecule has 0 aliphatic rings. The summed E-state index contributed by atoms with van der Waals surface area (Å²) < 4.78 is 22.4. The number of nitrogens with zero attached hydrogens (tertiary/aromatic N) is 1. The van der Waals surface area contributed by atoms with Gasteiger partial charge in [-0.25, -0.2) is 8.42 Å². The van der Waals surface area contributed by atoms with Gasteiger partial charge in [-0.3, -0.25) is 4.79 Å². The fourth-order valence-electron chi connectivity index (χ4n) is 1.13. The highest BCUT2D eigenvalue weighted by atomic mass is 32.2. The zero-order valence-corrected chi connectivity index (χ0v) is 10.1. The van der Waals surface area contributed by atoms with Gasteiger partial charge in [0.1, 0.15) is 5.75 Å². The molecule has 1 amide bonds. The molecule has 1 N–H and O–H groups in total. The zero-order valence-electron chi connectivity index (χ0n) is 9.30. The van der Waals surface area contributed by atoms with Gasteiger partial charge in [0, 0.05) is 11.4 Å². The largest absolute Gasteiger partial charge is 0.325 e. The van der Waals surface area contributed by atoms with Gasteiger partial charge >= 0.3 is 0 Å². The smallest absolute Gasteiger partial charge is 0.239 e. The number of hydrogen-bond acceptors (Lipinski definition) is 4. The fraction of sp³-hybridized carbons (Fsp3) is 0.273. The summed E-state index contributed by atoms with van der Waals surface area (Å²) in [4.78, 5) is 11.4. The quantitative estimate of drug-likeness (QED) is 0.863. The molecule has 0 fully saturated rings. The van der Waals surface area contributed by atoms with E-state index in [2.05, 4.69) is 5.32 Å². The molecule has 6 heteroatoms. The van der Waals surface area contributed by atoms with Gasteiger partial charge in [-0.2, -0.15) is 5.26 Å². The summed E-state index contributed by atoms with van der Waals surface area (Å²) in [5.41, 5.74) is 0.949. The van der Waals surface area contributed by atoms with Crippen molar-refractivity contribution in [1.82, 2.24) is 0 Å². The first-order valence-corrected chi connectivity index (χ1v) is 6.79. The molecule has 17 heavy (non-hydrogen) atoms. The van der Waals surface area contributed by atoms with Crippen LogP contribution in [0.5, 0.6) is 0 Å². The highest BCUT2D eigenvalue weighted by Gasteiger charge is 2.14. The minimum Gasteiger partial charge on any atom is -0.325 e. The van der Waals surface area contributed by atoms with E-state index in [1.54, 1.807) is 24.3 Å². The van der Waals surface area contributed by atoms with Crippen LogP contribution in [0, 0.1) is 11.3 Å². The van der Waals surface area contributed by atoms with Gasteiger partial charge in [-0.15, -0.1) is 0 Å². The minimum absolute atomic E-state index is 0.0617. The Kier molecular flexibility index (Phi) is 4.24. The van der Waals surface area contributed by atoms with Gasteiger partial charge < -0.3 is 5.32 Å². The molecule has 0 aliphatic heterocycles. The number of carbonyl (C=O) groups is 1. The first kappa shape index (κ1) is 13.2. The summed E-state index contributed by atoms with van der Waals surface area (Å²) in [6, 6.07) is 8.14. The Balaban J connectivity index is 2.66. The van der Waals surface area contributed by atoms with Crippen LogP contribution in [0.25, 0.3) is 0 Å². The molecule has 0 saturated carbocycles. The molecule has 0 aliphatic carbocycles. The number of hydrogen-bond donors (Lipinski definition) is 1. The van der Waals surface area contributed by atoms with Crippen LogP contribution in [-0.4, -0.2) is 25.8 Å². The third-order valence-electron chi connectivity index (χ3n) is 2.09. The van der Waals surface area contributed by atoms with Crippen molar-refractivity contribution in [3.8, 4) is 6.07 Å². The van der Waals surface area contributed by atoms with E-state index in [1.165, 1.54) is 6.92 Å². The van der Waals surface area contributed by atoms with Crippen molar-refractivity contribution in [2.75, 3.05) is 16.8 Å². The predicted octanol–water partition coefficient (Wildman–Crippen LogP) is 0.931. The number of benzene rings is 1. The highest BCUT2D eigenvalue weighted by molar-refractivity contribution is 7.92. The van der Waals surface area contributed by atoms with E-state index in [4.69, 9.17) is 5.26 Å². The highest BCUT2D eigenvalue weighted by Crippen LogP contribution is 2.08. The van der Waals surface area contributed by atoms with E-state index in [9.17, 15) is 13.2 Å². The van der Waals surface area contributed by atoms with Crippen LogP contribution in [0.15, 0.2) is 24.3 Å². The average molecular weight is 252 g/mol. The lowest BCUT2D eigenvalue weighted by Gasteiger charge is -2.04. The van der Waals surface area contributed by atoms with Crippen molar-refractivity contribution in [2.24, 2.45) is 0 Å². The molecule has 0 radical (unpaired) electrons. The van der Waals surface area contributed by atoms with E-state index in [0.717, 1.165) is 0 Å². The third kappa shape index (κ3) is 4.25. The Hall–Kier alpha value is -1.87. The Bertz CT molecular complexity index is 541. The maximum absolute atomic E-state index is 11.4. The number of nitrogens with one attached hydrogen (secondary N) is 1. The van der Waals surface area contributed by atoms with Crippen LogP contribution in [-0.2, 0) is 14.6 Å². The fourth-order valence-corrected chi connectivity index (χ4v) is 1.80. The number of anilines is 1. The molecule has 1 aromatic carbocycles. The summed E-state index contributed by atoms with van der Waals surface area (Å²) in [6.45, 7) is 1.49. The second-order valence-corrected chi connectivity index (χ2v) is 5.77. The molecule has 5 nitrogen and oxygen atoms in total. The van der Waals surface area contributed by atoms with Crippen molar-refractivity contribution in [3.05, 3.63) is 29.8 Å². The summed E-state index contributed by atoms with van der Waals surface area (Å²) in [6.07, 6.45) is 0. The lowest BCUT2D eigenvalue weighted by molar-refractivity contribution is -0.113. The van der Waals surface area contributed by atoms with Gasteiger partial charge in [0.25, 0.3) is 0 Å². The molecular weight excluding hydrogens is 240 g/mol. The maximum Gasteiger partial charge on any atom is 0.239 e. The molecular formula is C11H12N2O3S. The zero-order chi connectivity index (χ0) is 12.9. The van der Waals surface area contributed by atoms with Crippen LogP contribution < -0.4 is 5.32 Å². The van der Waals surface area contributed by atoms with Crippen LogP contribution in [0.4, 0.5) is 5.69 Å². The number of nitriles is 1. The summed E-state index contributed by atoms with van der Waals surface area (Å²) in [7, 11) is -3.32. The Morgan fingerprint density at radius 2 is 1.94 bits per heavy atom. The van der Waals surface area contributed by atoms with Crippen molar-refractivity contribution in [1.29, 1.82) is 5.26 Å².